The van der Waals surface area contributed by atoms with Crippen molar-refractivity contribution < 1.29 is 19.5 Å². The van der Waals surface area contributed by atoms with Gasteiger partial charge in [-0.15, -0.1) is 0 Å². The van der Waals surface area contributed by atoms with Crippen LogP contribution >= 0.6 is 0 Å². The number of aliphatic carboxylic acids is 1. The third-order valence-corrected chi connectivity index (χ3v) is 5.70. The van der Waals surface area contributed by atoms with E-state index in [2.05, 4.69) is 0 Å². The zero-order valence-corrected chi connectivity index (χ0v) is 12.4. The van der Waals surface area contributed by atoms with E-state index in [4.69, 9.17) is 5.11 Å². The smallest absolute Gasteiger partial charge is 0.305 e. The predicted octanol–water partition coefficient (Wildman–Crippen LogP) is 2.48. The number of carboxylic acids is 1. The van der Waals surface area contributed by atoms with Gasteiger partial charge in [0.2, 0.25) is 11.8 Å². The van der Waals surface area contributed by atoms with Gasteiger partial charge in [0.05, 0.1) is 12.0 Å². The lowest BCUT2D eigenvalue weighted by Gasteiger charge is -2.53. The average Bonchev–Trinajstić information content (AvgIpc) is 2.35. The number of hydrogen-bond donors (Lipinski definition) is 1. The molecule has 1 aliphatic heterocycles. The molecule has 3 rings (SSSR count). The van der Waals surface area contributed by atoms with Crippen molar-refractivity contribution in [3.05, 3.63) is 0 Å². The molecule has 0 radical (unpaired) electrons. The number of hydrogen-bond acceptors (Lipinski definition) is 3. The Morgan fingerprint density at radius 3 is 1.95 bits per heavy atom. The van der Waals surface area contributed by atoms with E-state index in [1.54, 1.807) is 0 Å². The molecule has 2 aliphatic carbocycles. The summed E-state index contributed by atoms with van der Waals surface area (Å²) in [4.78, 5) is 37.7. The molecule has 1 N–H and O–H groups in total. The first-order valence-corrected chi connectivity index (χ1v) is 8.04. The number of carboxylic acid groups (broad SMARTS) is 1. The number of rotatable bonds is 3. The van der Waals surface area contributed by atoms with Crippen LogP contribution in [0, 0.1) is 5.41 Å². The van der Waals surface area contributed by atoms with Gasteiger partial charge in [-0.05, 0) is 37.5 Å². The van der Waals surface area contributed by atoms with Crippen LogP contribution < -0.4 is 0 Å². The monoisotopic (exact) mass is 293 g/mol. The Morgan fingerprint density at radius 2 is 1.52 bits per heavy atom. The molecule has 5 heteroatoms. The summed E-state index contributed by atoms with van der Waals surface area (Å²) in [5.41, 5.74) is -0.854. The van der Waals surface area contributed by atoms with Crippen LogP contribution in [-0.2, 0) is 14.4 Å². The molecule has 1 heterocycles. The largest absolute Gasteiger partial charge is 0.481 e. The van der Waals surface area contributed by atoms with Gasteiger partial charge in [0.15, 0.2) is 0 Å². The maximum Gasteiger partial charge on any atom is 0.305 e. The minimum Gasteiger partial charge on any atom is -0.481 e. The standard InChI is InChI=1S/C16H23NO4/c18-12-9-15(5-2-1-3-6-15)10-13(19)17(12)16(7-4-8-16)11-14(20)21/h1-11H2,(H,20,21). The maximum absolute atomic E-state index is 12.6. The predicted molar refractivity (Wildman–Crippen MR) is 75.4 cm³/mol. The second kappa shape index (κ2) is 5.11. The van der Waals surface area contributed by atoms with Gasteiger partial charge in [0.1, 0.15) is 0 Å². The fourth-order valence-corrected chi connectivity index (χ4v) is 4.53. The lowest BCUT2D eigenvalue weighted by atomic mass is 9.65. The molecule has 116 valence electrons. The summed E-state index contributed by atoms with van der Waals surface area (Å²) in [6.45, 7) is 0. The van der Waals surface area contributed by atoms with Gasteiger partial charge in [-0.25, -0.2) is 0 Å². The van der Waals surface area contributed by atoms with Crippen LogP contribution in [0.1, 0.15) is 70.6 Å². The van der Waals surface area contributed by atoms with Crippen LogP contribution in [0.5, 0.6) is 0 Å². The Balaban J connectivity index is 1.80. The van der Waals surface area contributed by atoms with Crippen molar-refractivity contribution >= 4 is 17.8 Å². The second-order valence-electron chi connectivity index (χ2n) is 7.19. The van der Waals surface area contributed by atoms with Gasteiger partial charge in [-0.1, -0.05) is 19.3 Å². The summed E-state index contributed by atoms with van der Waals surface area (Å²) in [5.74, 6) is -1.18. The molecule has 2 amide bonds. The molecule has 0 aromatic carbocycles. The van der Waals surface area contributed by atoms with E-state index in [0.717, 1.165) is 32.1 Å². The van der Waals surface area contributed by atoms with Gasteiger partial charge < -0.3 is 5.11 Å². The summed E-state index contributed by atoms with van der Waals surface area (Å²) in [5, 5.41) is 9.11. The van der Waals surface area contributed by atoms with Crippen molar-refractivity contribution in [1.29, 1.82) is 0 Å². The second-order valence-corrected chi connectivity index (χ2v) is 7.19. The van der Waals surface area contributed by atoms with Gasteiger partial charge in [0.25, 0.3) is 0 Å². The van der Waals surface area contributed by atoms with Gasteiger partial charge in [-0.3, -0.25) is 19.3 Å². The van der Waals surface area contributed by atoms with Crippen LogP contribution in [0.3, 0.4) is 0 Å². The molecule has 0 atom stereocenters. The Bertz CT molecular complexity index is 455. The highest BCUT2D eigenvalue weighted by Gasteiger charge is 2.54. The number of carbonyl (C=O) groups excluding carboxylic acids is 2. The molecule has 0 unspecified atom stereocenters. The maximum atomic E-state index is 12.6. The highest BCUT2D eigenvalue weighted by atomic mass is 16.4. The first kappa shape index (κ1) is 14.5. The number of piperidine rings is 1. The topological polar surface area (TPSA) is 74.7 Å². The van der Waals surface area contributed by atoms with Gasteiger partial charge >= 0.3 is 5.97 Å². The van der Waals surface area contributed by atoms with Crippen molar-refractivity contribution in [3.8, 4) is 0 Å². The third-order valence-electron chi connectivity index (χ3n) is 5.70. The third kappa shape index (κ3) is 2.47. The SMILES string of the molecule is O=C(O)CC1(N2C(=O)CC3(CCCCC3)CC2=O)CCC1. The molecule has 2 saturated carbocycles. The lowest BCUT2D eigenvalue weighted by molar-refractivity contribution is -0.169. The minimum absolute atomic E-state index is 0.0997. The Kier molecular flexibility index (Phi) is 3.54. The fraction of sp³-hybridized carbons (Fsp3) is 0.812. The van der Waals surface area contributed by atoms with Crippen LogP contribution in [-0.4, -0.2) is 33.3 Å². The highest BCUT2D eigenvalue weighted by Crippen LogP contribution is 2.50. The molecule has 0 bridgehead atoms. The molecule has 5 nitrogen and oxygen atoms in total. The van der Waals surface area contributed by atoms with E-state index in [1.165, 1.54) is 11.3 Å². The van der Waals surface area contributed by atoms with Crippen LogP contribution in [0.2, 0.25) is 0 Å². The Hall–Kier alpha value is -1.39. The number of nitrogens with zero attached hydrogens (tertiary/aromatic N) is 1. The average molecular weight is 293 g/mol. The number of imide groups is 1. The highest BCUT2D eigenvalue weighted by molar-refractivity contribution is 6.00. The zero-order valence-electron chi connectivity index (χ0n) is 12.4. The van der Waals surface area contributed by atoms with Crippen LogP contribution in [0.25, 0.3) is 0 Å². The Labute approximate surface area is 124 Å². The van der Waals surface area contributed by atoms with Gasteiger partial charge in [0, 0.05) is 12.8 Å². The van der Waals surface area contributed by atoms with Crippen molar-refractivity contribution in [2.75, 3.05) is 0 Å². The fourth-order valence-electron chi connectivity index (χ4n) is 4.53. The van der Waals surface area contributed by atoms with Gasteiger partial charge in [-0.2, -0.15) is 0 Å². The van der Waals surface area contributed by atoms with Crippen molar-refractivity contribution in [2.45, 2.75) is 76.2 Å². The minimum atomic E-state index is -0.923. The molecule has 21 heavy (non-hydrogen) atoms. The van der Waals surface area contributed by atoms with Crippen molar-refractivity contribution in [1.82, 2.24) is 4.90 Å². The summed E-state index contributed by atoms with van der Waals surface area (Å²) in [7, 11) is 0. The summed E-state index contributed by atoms with van der Waals surface area (Å²) in [6.07, 6.45) is 8.26. The first-order valence-electron chi connectivity index (χ1n) is 8.04. The molecule has 3 fully saturated rings. The summed E-state index contributed by atoms with van der Waals surface area (Å²) >= 11 is 0. The molecule has 1 spiro atoms. The zero-order chi connectivity index (χ0) is 15.1. The van der Waals surface area contributed by atoms with Crippen LogP contribution in [0.15, 0.2) is 0 Å². The Morgan fingerprint density at radius 1 is 0.952 bits per heavy atom. The van der Waals surface area contributed by atoms with E-state index < -0.39 is 11.5 Å². The quantitative estimate of drug-likeness (QED) is 0.811. The van der Waals surface area contributed by atoms with Crippen LogP contribution in [0.4, 0.5) is 0 Å². The number of likely N-dealkylation sites (tertiary alicyclic amines) is 1. The van der Waals surface area contributed by atoms with Crippen molar-refractivity contribution in [3.63, 3.8) is 0 Å². The molecular formula is C16H23NO4. The molecule has 0 aromatic heterocycles. The van der Waals surface area contributed by atoms with E-state index in [0.29, 0.717) is 25.7 Å². The molecule has 3 aliphatic rings. The summed E-state index contributed by atoms with van der Waals surface area (Å²) < 4.78 is 0. The molecule has 0 aromatic rings. The van der Waals surface area contributed by atoms with E-state index in [1.807, 2.05) is 0 Å². The first-order chi connectivity index (χ1) is 9.96. The lowest BCUT2D eigenvalue weighted by Crippen LogP contribution is -2.63. The van der Waals surface area contributed by atoms with Crippen molar-refractivity contribution in [2.24, 2.45) is 5.41 Å². The normalized spacial score (nSPS) is 27.5. The number of carbonyl (C=O) groups is 3. The summed E-state index contributed by atoms with van der Waals surface area (Å²) in [6, 6.07) is 0. The molecular weight excluding hydrogens is 270 g/mol. The number of amides is 2. The van der Waals surface area contributed by atoms with E-state index in [9.17, 15) is 14.4 Å². The van der Waals surface area contributed by atoms with E-state index >= 15 is 0 Å². The van der Waals surface area contributed by atoms with E-state index in [-0.39, 0.29) is 23.7 Å². The molecule has 1 saturated heterocycles.